The molecule has 1 N–H and O–H groups in total. The standard InChI is InChI=1S/C16H12N2O2S/c19-16(20)13-5-3-9-17-15(13)21-10-12-8-7-11-4-1-2-6-14(11)18-12/h1-9H,10H2,(H,19,20). The largest absolute Gasteiger partial charge is 0.478 e. The first-order valence-electron chi connectivity index (χ1n) is 6.40. The highest BCUT2D eigenvalue weighted by Crippen LogP contribution is 2.24. The molecule has 0 amide bonds. The van der Waals surface area contributed by atoms with Gasteiger partial charge in [-0.2, -0.15) is 0 Å². The van der Waals surface area contributed by atoms with Crippen molar-refractivity contribution in [2.45, 2.75) is 10.8 Å². The Kier molecular flexibility index (Phi) is 3.83. The number of thioether (sulfide) groups is 1. The topological polar surface area (TPSA) is 63.1 Å². The summed E-state index contributed by atoms with van der Waals surface area (Å²) in [5.74, 6) is -0.376. The first-order valence-corrected chi connectivity index (χ1v) is 7.38. The van der Waals surface area contributed by atoms with Crippen LogP contribution in [0.15, 0.2) is 59.8 Å². The van der Waals surface area contributed by atoms with Gasteiger partial charge in [0, 0.05) is 17.3 Å². The number of rotatable bonds is 4. The Balaban J connectivity index is 1.82. The number of fused-ring (bicyclic) bond motifs is 1. The Morgan fingerprint density at radius 3 is 2.81 bits per heavy atom. The van der Waals surface area contributed by atoms with Crippen LogP contribution >= 0.6 is 11.8 Å². The van der Waals surface area contributed by atoms with Crippen LogP contribution in [-0.4, -0.2) is 21.0 Å². The monoisotopic (exact) mass is 296 g/mol. The number of pyridine rings is 2. The van der Waals surface area contributed by atoms with Crippen molar-refractivity contribution < 1.29 is 9.90 Å². The van der Waals surface area contributed by atoms with Gasteiger partial charge in [-0.25, -0.2) is 9.78 Å². The van der Waals surface area contributed by atoms with E-state index >= 15 is 0 Å². The Hall–Kier alpha value is -2.40. The van der Waals surface area contributed by atoms with Crippen LogP contribution in [0.25, 0.3) is 10.9 Å². The summed E-state index contributed by atoms with van der Waals surface area (Å²) in [6.07, 6.45) is 1.60. The maximum absolute atomic E-state index is 11.1. The highest BCUT2D eigenvalue weighted by atomic mass is 32.2. The zero-order valence-corrected chi connectivity index (χ0v) is 11.9. The van der Waals surface area contributed by atoms with Crippen LogP contribution in [0.4, 0.5) is 0 Å². The lowest BCUT2D eigenvalue weighted by molar-refractivity contribution is 0.0692. The maximum atomic E-state index is 11.1. The molecule has 0 fully saturated rings. The van der Waals surface area contributed by atoms with Gasteiger partial charge < -0.3 is 5.11 Å². The quantitative estimate of drug-likeness (QED) is 0.745. The van der Waals surface area contributed by atoms with Crippen molar-refractivity contribution in [1.82, 2.24) is 9.97 Å². The number of nitrogens with zero attached hydrogens (tertiary/aromatic N) is 2. The number of carbonyl (C=O) groups is 1. The van der Waals surface area contributed by atoms with Gasteiger partial charge in [0.2, 0.25) is 0 Å². The van der Waals surface area contributed by atoms with Gasteiger partial charge in [0.25, 0.3) is 0 Å². The van der Waals surface area contributed by atoms with Gasteiger partial charge in [-0.15, -0.1) is 0 Å². The molecule has 1 aromatic carbocycles. The molecule has 0 aliphatic heterocycles. The lowest BCUT2D eigenvalue weighted by Crippen LogP contribution is -2.00. The highest BCUT2D eigenvalue weighted by molar-refractivity contribution is 7.98. The van der Waals surface area contributed by atoms with E-state index in [9.17, 15) is 4.79 Å². The zero-order valence-electron chi connectivity index (χ0n) is 11.1. The van der Waals surface area contributed by atoms with Gasteiger partial charge in [0.1, 0.15) is 5.03 Å². The molecule has 0 unspecified atom stereocenters. The van der Waals surface area contributed by atoms with Crippen LogP contribution < -0.4 is 0 Å². The second-order valence-electron chi connectivity index (χ2n) is 4.45. The molecule has 2 aromatic heterocycles. The number of hydrogen-bond acceptors (Lipinski definition) is 4. The molecule has 0 aliphatic carbocycles. The number of aromatic nitrogens is 2. The summed E-state index contributed by atoms with van der Waals surface area (Å²) >= 11 is 1.38. The van der Waals surface area contributed by atoms with Crippen molar-refractivity contribution in [2.75, 3.05) is 0 Å². The summed E-state index contributed by atoms with van der Waals surface area (Å²) in [5.41, 5.74) is 2.07. The summed E-state index contributed by atoms with van der Waals surface area (Å²) in [7, 11) is 0. The molecule has 104 valence electrons. The summed E-state index contributed by atoms with van der Waals surface area (Å²) in [4.78, 5) is 19.8. The fourth-order valence-corrected chi connectivity index (χ4v) is 2.89. The Morgan fingerprint density at radius 1 is 1.10 bits per heavy atom. The van der Waals surface area contributed by atoms with Crippen LogP contribution in [-0.2, 0) is 5.75 Å². The molecule has 0 atom stereocenters. The van der Waals surface area contributed by atoms with Crippen molar-refractivity contribution in [3.63, 3.8) is 0 Å². The van der Waals surface area contributed by atoms with E-state index in [1.165, 1.54) is 11.8 Å². The smallest absolute Gasteiger partial charge is 0.338 e. The van der Waals surface area contributed by atoms with E-state index in [2.05, 4.69) is 9.97 Å². The fraction of sp³-hybridized carbons (Fsp3) is 0.0625. The van der Waals surface area contributed by atoms with Gasteiger partial charge in [0.05, 0.1) is 16.8 Å². The van der Waals surface area contributed by atoms with E-state index in [1.807, 2.05) is 36.4 Å². The van der Waals surface area contributed by atoms with Crippen molar-refractivity contribution >= 4 is 28.6 Å². The van der Waals surface area contributed by atoms with Crippen LogP contribution in [0.2, 0.25) is 0 Å². The molecule has 0 radical (unpaired) electrons. The predicted octanol–water partition coefficient (Wildman–Crippen LogP) is 3.62. The minimum atomic E-state index is -0.961. The Morgan fingerprint density at radius 2 is 1.95 bits per heavy atom. The second kappa shape index (κ2) is 5.93. The van der Waals surface area contributed by atoms with Gasteiger partial charge in [-0.1, -0.05) is 36.0 Å². The van der Waals surface area contributed by atoms with E-state index in [0.717, 1.165) is 16.6 Å². The van der Waals surface area contributed by atoms with Gasteiger partial charge in [-0.05, 0) is 24.3 Å². The minimum Gasteiger partial charge on any atom is -0.478 e. The van der Waals surface area contributed by atoms with E-state index in [-0.39, 0.29) is 5.56 Å². The molecule has 0 aliphatic rings. The van der Waals surface area contributed by atoms with E-state index < -0.39 is 5.97 Å². The summed E-state index contributed by atoms with van der Waals surface area (Å²) in [6, 6.07) is 15.1. The third-order valence-corrected chi connectivity index (χ3v) is 4.05. The van der Waals surface area contributed by atoms with Crippen molar-refractivity contribution in [1.29, 1.82) is 0 Å². The molecule has 3 aromatic rings. The van der Waals surface area contributed by atoms with Crippen LogP contribution in [0.3, 0.4) is 0 Å². The summed E-state index contributed by atoms with van der Waals surface area (Å²) < 4.78 is 0. The predicted molar refractivity (Wildman–Crippen MR) is 82.5 cm³/mol. The average molecular weight is 296 g/mol. The molecule has 3 rings (SSSR count). The van der Waals surface area contributed by atoms with Gasteiger partial charge in [0.15, 0.2) is 0 Å². The molecule has 0 spiro atoms. The first-order chi connectivity index (χ1) is 10.2. The van der Waals surface area contributed by atoms with Crippen LogP contribution in [0, 0.1) is 0 Å². The molecular formula is C16H12N2O2S. The molecule has 0 saturated heterocycles. The molecule has 0 saturated carbocycles. The number of benzene rings is 1. The minimum absolute atomic E-state index is 0.225. The van der Waals surface area contributed by atoms with Crippen LogP contribution in [0.5, 0.6) is 0 Å². The third kappa shape index (κ3) is 3.03. The Bertz CT molecular complexity index is 805. The zero-order chi connectivity index (χ0) is 14.7. The van der Waals surface area contributed by atoms with Crippen molar-refractivity contribution in [3.8, 4) is 0 Å². The van der Waals surface area contributed by atoms with E-state index in [1.54, 1.807) is 18.3 Å². The maximum Gasteiger partial charge on any atom is 0.338 e. The second-order valence-corrected chi connectivity index (χ2v) is 5.41. The lowest BCUT2D eigenvalue weighted by atomic mass is 10.2. The SMILES string of the molecule is O=C(O)c1cccnc1SCc1ccc2ccccc2n1. The first kappa shape index (κ1) is 13.6. The number of aromatic carboxylic acids is 1. The lowest BCUT2D eigenvalue weighted by Gasteiger charge is -2.05. The summed E-state index contributed by atoms with van der Waals surface area (Å²) in [5, 5.41) is 10.7. The van der Waals surface area contributed by atoms with Crippen LogP contribution in [0.1, 0.15) is 16.1 Å². The molecule has 0 bridgehead atoms. The normalized spacial score (nSPS) is 10.7. The molecule has 4 nitrogen and oxygen atoms in total. The van der Waals surface area contributed by atoms with Gasteiger partial charge >= 0.3 is 5.97 Å². The van der Waals surface area contributed by atoms with Crippen molar-refractivity contribution in [2.24, 2.45) is 0 Å². The summed E-state index contributed by atoms with van der Waals surface area (Å²) in [6.45, 7) is 0. The van der Waals surface area contributed by atoms with Gasteiger partial charge in [-0.3, -0.25) is 4.98 Å². The number of carboxylic acids is 1. The van der Waals surface area contributed by atoms with Crippen molar-refractivity contribution in [3.05, 3.63) is 66.0 Å². The molecule has 5 heteroatoms. The average Bonchev–Trinajstić information content (AvgIpc) is 2.53. The Labute approximate surface area is 125 Å². The number of carboxylic acid groups (broad SMARTS) is 1. The number of hydrogen-bond donors (Lipinski definition) is 1. The number of para-hydroxylation sites is 1. The fourth-order valence-electron chi connectivity index (χ4n) is 2.00. The molecule has 2 heterocycles. The van der Waals surface area contributed by atoms with E-state index in [0.29, 0.717) is 10.8 Å². The van der Waals surface area contributed by atoms with E-state index in [4.69, 9.17) is 5.11 Å². The third-order valence-electron chi connectivity index (χ3n) is 3.01. The molecular weight excluding hydrogens is 284 g/mol. The molecule has 21 heavy (non-hydrogen) atoms. The highest BCUT2D eigenvalue weighted by Gasteiger charge is 2.11.